The van der Waals surface area contributed by atoms with Gasteiger partial charge in [-0.3, -0.25) is 0 Å². The number of hydrogen-bond acceptors (Lipinski definition) is 3. The monoisotopic (exact) mass is 233 g/mol. The molecule has 0 aliphatic heterocycles. The summed E-state index contributed by atoms with van der Waals surface area (Å²) in [6, 6.07) is 7.99. The van der Waals surface area contributed by atoms with Crippen LogP contribution >= 0.6 is 0 Å². The van der Waals surface area contributed by atoms with Gasteiger partial charge in [0, 0.05) is 12.6 Å². The van der Waals surface area contributed by atoms with Crippen LogP contribution in [0.15, 0.2) is 41.1 Å². The zero-order valence-electron chi connectivity index (χ0n) is 10.6. The Morgan fingerprint density at radius 2 is 1.94 bits per heavy atom. The fourth-order valence-corrected chi connectivity index (χ4v) is 1.24. The summed E-state index contributed by atoms with van der Waals surface area (Å²) in [5.41, 5.74) is 2.44. The molecule has 0 saturated carbocycles. The van der Waals surface area contributed by atoms with Gasteiger partial charge in [-0.2, -0.15) is 0 Å². The first-order valence-corrected chi connectivity index (χ1v) is 5.62. The zero-order valence-corrected chi connectivity index (χ0v) is 10.6. The van der Waals surface area contributed by atoms with Crippen molar-refractivity contribution in [2.24, 2.45) is 5.16 Å². The maximum absolute atomic E-state index is 5.56. The molecule has 0 atom stereocenters. The molecule has 0 bridgehead atoms. The van der Waals surface area contributed by atoms with Crippen LogP contribution in [-0.4, -0.2) is 19.9 Å². The third-order valence-electron chi connectivity index (χ3n) is 2.17. The van der Waals surface area contributed by atoms with Crippen LogP contribution < -0.4 is 4.74 Å². The lowest BCUT2D eigenvalue weighted by Gasteiger charge is -2.04. The minimum Gasteiger partial charge on any atom is -0.490 e. The van der Waals surface area contributed by atoms with Crippen molar-refractivity contribution in [1.82, 2.24) is 0 Å². The molecule has 0 radical (unpaired) electrons. The van der Waals surface area contributed by atoms with E-state index in [0.717, 1.165) is 12.2 Å². The van der Waals surface area contributed by atoms with Crippen LogP contribution in [0.1, 0.15) is 19.4 Å². The Bertz CT molecular complexity index is 376. The molecule has 3 heteroatoms. The highest BCUT2D eigenvalue weighted by atomic mass is 16.6. The number of nitrogens with zero attached hydrogens (tertiary/aromatic N) is 1. The Morgan fingerprint density at radius 1 is 1.24 bits per heavy atom. The summed E-state index contributed by atoms with van der Waals surface area (Å²) in [6.45, 7) is 4.73. The Hall–Kier alpha value is -1.77. The molecule has 0 heterocycles. The van der Waals surface area contributed by atoms with Crippen LogP contribution in [0.4, 0.5) is 0 Å². The zero-order chi connectivity index (χ0) is 12.5. The van der Waals surface area contributed by atoms with Gasteiger partial charge < -0.3 is 9.57 Å². The summed E-state index contributed by atoms with van der Waals surface area (Å²) >= 11 is 0. The highest BCUT2D eigenvalue weighted by Gasteiger charge is 1.93. The molecule has 1 aromatic rings. The van der Waals surface area contributed by atoms with Crippen LogP contribution in [0.3, 0.4) is 0 Å². The molecule has 0 aliphatic rings. The first kappa shape index (κ1) is 13.3. The molecule has 1 rings (SSSR count). The van der Waals surface area contributed by atoms with Gasteiger partial charge >= 0.3 is 0 Å². The van der Waals surface area contributed by atoms with Crippen LogP contribution in [0, 0.1) is 0 Å². The topological polar surface area (TPSA) is 30.8 Å². The lowest BCUT2D eigenvalue weighted by atomic mass is 10.2. The molecule has 17 heavy (non-hydrogen) atoms. The lowest BCUT2D eigenvalue weighted by molar-refractivity contribution is 0.215. The average Bonchev–Trinajstić information content (AvgIpc) is 2.31. The first-order chi connectivity index (χ1) is 8.22. The van der Waals surface area contributed by atoms with Gasteiger partial charge in [0.05, 0.1) is 0 Å². The van der Waals surface area contributed by atoms with E-state index < -0.39 is 0 Å². The minimum atomic E-state index is 0.618. The molecular weight excluding hydrogens is 214 g/mol. The number of rotatable bonds is 6. The number of oxime groups is 1. The maximum Gasteiger partial charge on any atom is 0.119 e. The van der Waals surface area contributed by atoms with Gasteiger partial charge in [0.25, 0.3) is 0 Å². The van der Waals surface area contributed by atoms with Crippen molar-refractivity contribution < 1.29 is 9.57 Å². The van der Waals surface area contributed by atoms with E-state index in [1.54, 1.807) is 6.21 Å². The highest BCUT2D eigenvalue weighted by Crippen LogP contribution is 2.12. The van der Waals surface area contributed by atoms with E-state index in [0.29, 0.717) is 6.61 Å². The van der Waals surface area contributed by atoms with Crippen LogP contribution in [0.2, 0.25) is 0 Å². The van der Waals surface area contributed by atoms with E-state index in [-0.39, 0.29) is 0 Å². The second-order valence-corrected chi connectivity index (χ2v) is 3.91. The van der Waals surface area contributed by atoms with Gasteiger partial charge in [0.15, 0.2) is 0 Å². The predicted octanol–water partition coefficient (Wildman–Crippen LogP) is 3.21. The van der Waals surface area contributed by atoms with E-state index in [1.165, 1.54) is 18.2 Å². The normalized spacial score (nSPS) is 10.3. The summed E-state index contributed by atoms with van der Waals surface area (Å²) in [7, 11) is 1.54. The Labute approximate surface area is 103 Å². The fraction of sp³-hybridized carbons (Fsp3) is 0.357. The van der Waals surface area contributed by atoms with Crippen molar-refractivity contribution in [3.05, 3.63) is 41.5 Å². The summed E-state index contributed by atoms with van der Waals surface area (Å²) in [5.74, 6) is 0.884. The third kappa shape index (κ3) is 5.76. The molecule has 0 spiro atoms. The second-order valence-electron chi connectivity index (χ2n) is 3.91. The van der Waals surface area contributed by atoms with Gasteiger partial charge in [-0.1, -0.05) is 22.9 Å². The largest absolute Gasteiger partial charge is 0.490 e. The quantitative estimate of drug-likeness (QED) is 0.429. The van der Waals surface area contributed by atoms with E-state index in [2.05, 4.69) is 29.9 Å². The Morgan fingerprint density at radius 3 is 2.53 bits per heavy atom. The smallest absolute Gasteiger partial charge is 0.119 e. The molecule has 0 saturated heterocycles. The predicted molar refractivity (Wildman–Crippen MR) is 70.6 cm³/mol. The Kier molecular flexibility index (Phi) is 5.86. The lowest BCUT2D eigenvalue weighted by Crippen LogP contribution is -1.94. The van der Waals surface area contributed by atoms with Crippen molar-refractivity contribution >= 4 is 6.21 Å². The molecule has 0 amide bonds. The summed E-state index contributed by atoms with van der Waals surface area (Å²) in [4.78, 5) is 4.60. The van der Waals surface area contributed by atoms with Crippen LogP contribution in [0.5, 0.6) is 5.75 Å². The molecule has 0 aliphatic carbocycles. The summed E-state index contributed by atoms with van der Waals surface area (Å²) in [6.07, 6.45) is 4.56. The highest BCUT2D eigenvalue weighted by molar-refractivity contribution is 5.60. The molecule has 0 fully saturated rings. The summed E-state index contributed by atoms with van der Waals surface area (Å²) in [5, 5.41) is 3.69. The van der Waals surface area contributed by atoms with Gasteiger partial charge in [-0.25, -0.2) is 0 Å². The van der Waals surface area contributed by atoms with Gasteiger partial charge in [-0.05, 0) is 37.6 Å². The van der Waals surface area contributed by atoms with Crippen molar-refractivity contribution in [3.8, 4) is 5.75 Å². The average molecular weight is 233 g/mol. The molecule has 1 aromatic carbocycles. The first-order valence-electron chi connectivity index (χ1n) is 5.62. The third-order valence-corrected chi connectivity index (χ3v) is 2.17. The fourth-order valence-electron chi connectivity index (χ4n) is 1.24. The number of ether oxygens (including phenoxy) is 1. The molecule has 0 aromatic heterocycles. The molecule has 0 N–H and O–H groups in total. The van der Waals surface area contributed by atoms with Crippen LogP contribution in [-0.2, 0) is 11.3 Å². The van der Waals surface area contributed by atoms with E-state index in [9.17, 15) is 0 Å². The second kappa shape index (κ2) is 7.49. The van der Waals surface area contributed by atoms with Crippen molar-refractivity contribution in [2.75, 3.05) is 13.7 Å². The SMILES string of the molecule is CO/N=C\Cc1ccc(OCC=C(C)C)cc1. The minimum absolute atomic E-state index is 0.618. The number of benzene rings is 1. The van der Waals surface area contributed by atoms with Crippen molar-refractivity contribution in [3.63, 3.8) is 0 Å². The van der Waals surface area contributed by atoms with Gasteiger partial charge in [0.2, 0.25) is 0 Å². The van der Waals surface area contributed by atoms with E-state index in [4.69, 9.17) is 4.74 Å². The van der Waals surface area contributed by atoms with Crippen LogP contribution in [0.25, 0.3) is 0 Å². The van der Waals surface area contributed by atoms with Gasteiger partial charge in [-0.15, -0.1) is 0 Å². The Balaban J connectivity index is 2.44. The number of allylic oxidation sites excluding steroid dienone is 1. The summed E-state index contributed by atoms with van der Waals surface area (Å²) < 4.78 is 5.56. The molecular formula is C14H19NO2. The number of hydrogen-bond donors (Lipinski definition) is 0. The molecule has 92 valence electrons. The molecule has 0 unspecified atom stereocenters. The van der Waals surface area contributed by atoms with Crippen molar-refractivity contribution in [2.45, 2.75) is 20.3 Å². The van der Waals surface area contributed by atoms with E-state index >= 15 is 0 Å². The molecule has 3 nitrogen and oxygen atoms in total. The van der Waals surface area contributed by atoms with E-state index in [1.807, 2.05) is 24.3 Å². The standard InChI is InChI=1S/C14H19NO2/c1-12(2)9-11-17-14-6-4-13(5-7-14)8-10-15-16-3/h4-7,9-10H,8,11H2,1-3H3/b15-10-. The van der Waals surface area contributed by atoms with Gasteiger partial charge in [0.1, 0.15) is 19.5 Å². The maximum atomic E-state index is 5.56. The van der Waals surface area contributed by atoms with Crippen molar-refractivity contribution in [1.29, 1.82) is 0 Å².